The first-order valence-electron chi connectivity index (χ1n) is 5.40. The summed E-state index contributed by atoms with van der Waals surface area (Å²) in [5, 5.41) is 0. The maximum Gasteiger partial charge on any atom is 0.0164 e. The minimum absolute atomic E-state index is 0.395. The average molecular weight is 194 g/mol. The zero-order valence-electron chi connectivity index (χ0n) is 9.04. The molecule has 0 heterocycles. The van der Waals surface area contributed by atoms with E-state index in [0.29, 0.717) is 5.41 Å². The van der Waals surface area contributed by atoms with E-state index in [-0.39, 0.29) is 0 Å². The lowest BCUT2D eigenvalue weighted by atomic mass is 9.68. The van der Waals surface area contributed by atoms with Crippen LogP contribution in [-0.4, -0.2) is 31.1 Å². The van der Waals surface area contributed by atoms with Crippen molar-refractivity contribution in [2.75, 3.05) is 26.2 Å². The summed E-state index contributed by atoms with van der Waals surface area (Å²) in [5.41, 5.74) is 6.23. The second kappa shape index (κ2) is 5.32. The van der Waals surface area contributed by atoms with Crippen LogP contribution in [0.15, 0.2) is 25.3 Å². The van der Waals surface area contributed by atoms with Gasteiger partial charge in [0.2, 0.25) is 0 Å². The molecule has 0 saturated heterocycles. The SMILES string of the molecule is C=CCN(CC=C)CC1(CN)CCC1. The summed E-state index contributed by atoms with van der Waals surface area (Å²) in [6.07, 6.45) is 7.81. The lowest BCUT2D eigenvalue weighted by Gasteiger charge is -2.44. The summed E-state index contributed by atoms with van der Waals surface area (Å²) in [4.78, 5) is 2.37. The molecular weight excluding hydrogens is 172 g/mol. The Kier molecular flexibility index (Phi) is 4.36. The molecule has 0 aromatic rings. The zero-order chi connectivity index (χ0) is 10.4. The summed E-state index contributed by atoms with van der Waals surface area (Å²) < 4.78 is 0. The predicted molar refractivity (Wildman–Crippen MR) is 62.2 cm³/mol. The highest BCUT2D eigenvalue weighted by atomic mass is 15.1. The van der Waals surface area contributed by atoms with E-state index < -0.39 is 0 Å². The van der Waals surface area contributed by atoms with Gasteiger partial charge in [-0.1, -0.05) is 18.6 Å². The molecule has 0 radical (unpaired) electrons. The Balaban J connectivity index is 2.43. The Morgan fingerprint density at radius 2 is 1.79 bits per heavy atom. The molecule has 80 valence electrons. The van der Waals surface area contributed by atoms with Crippen LogP contribution < -0.4 is 5.73 Å². The molecule has 0 aromatic carbocycles. The molecule has 0 aromatic heterocycles. The molecule has 1 aliphatic carbocycles. The Hall–Kier alpha value is -0.600. The summed E-state index contributed by atoms with van der Waals surface area (Å²) >= 11 is 0. The largest absolute Gasteiger partial charge is 0.330 e. The third-order valence-corrected chi connectivity index (χ3v) is 3.18. The standard InChI is InChI=1S/C12H22N2/c1-3-8-14(9-4-2)11-12(10-13)6-5-7-12/h3-4H,1-2,5-11,13H2. The van der Waals surface area contributed by atoms with E-state index >= 15 is 0 Å². The van der Waals surface area contributed by atoms with E-state index in [1.807, 2.05) is 12.2 Å². The van der Waals surface area contributed by atoms with Gasteiger partial charge in [0.05, 0.1) is 0 Å². The fourth-order valence-corrected chi connectivity index (χ4v) is 2.15. The summed E-state index contributed by atoms with van der Waals surface area (Å²) in [6.45, 7) is 11.3. The van der Waals surface area contributed by atoms with Gasteiger partial charge in [0.1, 0.15) is 0 Å². The molecule has 2 heteroatoms. The molecule has 1 rings (SSSR count). The fourth-order valence-electron chi connectivity index (χ4n) is 2.15. The summed E-state index contributed by atoms with van der Waals surface area (Å²) in [5.74, 6) is 0. The molecule has 14 heavy (non-hydrogen) atoms. The predicted octanol–water partition coefficient (Wildman–Crippen LogP) is 1.79. The highest BCUT2D eigenvalue weighted by molar-refractivity contribution is 4.93. The molecule has 1 aliphatic rings. The molecule has 0 bridgehead atoms. The Labute approximate surface area is 87.5 Å². The van der Waals surface area contributed by atoms with Crippen LogP contribution in [0.4, 0.5) is 0 Å². The molecule has 0 aliphatic heterocycles. The highest BCUT2D eigenvalue weighted by Gasteiger charge is 2.36. The van der Waals surface area contributed by atoms with Gasteiger partial charge in [0.25, 0.3) is 0 Å². The minimum Gasteiger partial charge on any atom is -0.330 e. The molecule has 0 atom stereocenters. The van der Waals surface area contributed by atoms with Crippen LogP contribution in [0, 0.1) is 5.41 Å². The number of hydrogen-bond acceptors (Lipinski definition) is 2. The van der Waals surface area contributed by atoms with Crippen molar-refractivity contribution in [2.24, 2.45) is 11.1 Å². The van der Waals surface area contributed by atoms with Crippen molar-refractivity contribution in [1.82, 2.24) is 4.90 Å². The van der Waals surface area contributed by atoms with Gasteiger partial charge in [-0.2, -0.15) is 0 Å². The molecule has 1 saturated carbocycles. The first kappa shape index (κ1) is 11.5. The normalized spacial score (nSPS) is 19.0. The van der Waals surface area contributed by atoms with Crippen LogP contribution in [0.25, 0.3) is 0 Å². The van der Waals surface area contributed by atoms with Gasteiger partial charge in [-0.15, -0.1) is 13.2 Å². The van der Waals surface area contributed by atoms with Crippen LogP contribution in [0.1, 0.15) is 19.3 Å². The van der Waals surface area contributed by atoms with Gasteiger partial charge in [-0.3, -0.25) is 4.90 Å². The number of hydrogen-bond donors (Lipinski definition) is 1. The highest BCUT2D eigenvalue weighted by Crippen LogP contribution is 2.40. The topological polar surface area (TPSA) is 29.3 Å². The van der Waals surface area contributed by atoms with Crippen LogP contribution in [0.2, 0.25) is 0 Å². The van der Waals surface area contributed by atoms with Gasteiger partial charge in [0, 0.05) is 19.6 Å². The average Bonchev–Trinajstić information content (AvgIpc) is 2.12. The molecule has 0 amide bonds. The number of rotatable bonds is 7. The van der Waals surface area contributed by atoms with Crippen molar-refractivity contribution in [3.05, 3.63) is 25.3 Å². The van der Waals surface area contributed by atoms with Crippen molar-refractivity contribution in [1.29, 1.82) is 0 Å². The van der Waals surface area contributed by atoms with E-state index in [9.17, 15) is 0 Å². The van der Waals surface area contributed by atoms with Gasteiger partial charge >= 0.3 is 0 Å². The van der Waals surface area contributed by atoms with Crippen molar-refractivity contribution in [3.63, 3.8) is 0 Å². The third-order valence-electron chi connectivity index (χ3n) is 3.18. The van der Waals surface area contributed by atoms with Crippen LogP contribution >= 0.6 is 0 Å². The fraction of sp³-hybridized carbons (Fsp3) is 0.667. The molecule has 2 nitrogen and oxygen atoms in total. The maximum absolute atomic E-state index is 5.83. The van der Waals surface area contributed by atoms with Crippen LogP contribution in [0.5, 0.6) is 0 Å². The van der Waals surface area contributed by atoms with Gasteiger partial charge in [-0.25, -0.2) is 0 Å². The third kappa shape index (κ3) is 2.69. The summed E-state index contributed by atoms with van der Waals surface area (Å²) in [7, 11) is 0. The Morgan fingerprint density at radius 3 is 2.07 bits per heavy atom. The first-order valence-corrected chi connectivity index (χ1v) is 5.40. The summed E-state index contributed by atoms with van der Waals surface area (Å²) in [6, 6.07) is 0. The second-order valence-corrected chi connectivity index (χ2v) is 4.33. The maximum atomic E-state index is 5.83. The molecule has 0 spiro atoms. The second-order valence-electron chi connectivity index (χ2n) is 4.33. The van der Waals surface area contributed by atoms with Gasteiger partial charge in [-0.05, 0) is 24.8 Å². The lowest BCUT2D eigenvalue weighted by molar-refractivity contribution is 0.0863. The first-order chi connectivity index (χ1) is 6.76. The van der Waals surface area contributed by atoms with E-state index in [1.54, 1.807) is 0 Å². The number of nitrogens with zero attached hydrogens (tertiary/aromatic N) is 1. The minimum atomic E-state index is 0.395. The monoisotopic (exact) mass is 194 g/mol. The molecule has 2 N–H and O–H groups in total. The van der Waals surface area contributed by atoms with Crippen LogP contribution in [-0.2, 0) is 0 Å². The van der Waals surface area contributed by atoms with Crippen LogP contribution in [0.3, 0.4) is 0 Å². The number of nitrogens with two attached hydrogens (primary N) is 1. The molecule has 0 unspecified atom stereocenters. The van der Waals surface area contributed by atoms with E-state index in [1.165, 1.54) is 19.3 Å². The van der Waals surface area contributed by atoms with Gasteiger partial charge < -0.3 is 5.73 Å². The Bertz CT molecular complexity index is 179. The van der Waals surface area contributed by atoms with Crippen molar-refractivity contribution in [2.45, 2.75) is 19.3 Å². The van der Waals surface area contributed by atoms with Crippen molar-refractivity contribution in [3.8, 4) is 0 Å². The van der Waals surface area contributed by atoms with E-state index in [4.69, 9.17) is 5.73 Å². The van der Waals surface area contributed by atoms with Crippen molar-refractivity contribution < 1.29 is 0 Å². The smallest absolute Gasteiger partial charge is 0.0164 e. The molecular formula is C12H22N2. The lowest BCUT2D eigenvalue weighted by Crippen LogP contribution is -2.47. The van der Waals surface area contributed by atoms with Gasteiger partial charge in [0.15, 0.2) is 0 Å². The van der Waals surface area contributed by atoms with Crippen molar-refractivity contribution >= 4 is 0 Å². The van der Waals surface area contributed by atoms with E-state index in [0.717, 1.165) is 26.2 Å². The molecule has 1 fully saturated rings. The van der Waals surface area contributed by atoms with E-state index in [2.05, 4.69) is 18.1 Å². The quantitative estimate of drug-likeness (QED) is 0.626. The zero-order valence-corrected chi connectivity index (χ0v) is 9.04. The Morgan fingerprint density at radius 1 is 1.21 bits per heavy atom.